The van der Waals surface area contributed by atoms with Crippen LogP contribution in [0, 0.1) is 18.7 Å². The fourth-order valence-electron chi connectivity index (χ4n) is 2.76. The molecule has 2 nitrogen and oxygen atoms in total. The van der Waals surface area contributed by atoms with Crippen molar-refractivity contribution in [1.82, 2.24) is 5.32 Å². The van der Waals surface area contributed by atoms with Crippen molar-refractivity contribution in [3.63, 3.8) is 0 Å². The van der Waals surface area contributed by atoms with Crippen LogP contribution >= 0.6 is 0 Å². The highest BCUT2D eigenvalue weighted by Crippen LogP contribution is 2.23. The average Bonchev–Trinajstić information content (AvgIpc) is 2.55. The summed E-state index contributed by atoms with van der Waals surface area (Å²) in [7, 11) is 0. The van der Waals surface area contributed by atoms with Crippen LogP contribution in [0.25, 0.3) is 0 Å². The molecule has 0 aliphatic heterocycles. The Labute approximate surface area is 114 Å². The lowest BCUT2D eigenvalue weighted by molar-refractivity contribution is 0.0917. The first-order chi connectivity index (χ1) is 9.08. The maximum Gasteiger partial charge on any atom is 0.254 e. The van der Waals surface area contributed by atoms with Gasteiger partial charge < -0.3 is 5.32 Å². The Bertz CT molecular complexity index is 458. The summed E-state index contributed by atoms with van der Waals surface area (Å²) >= 11 is 0. The van der Waals surface area contributed by atoms with Gasteiger partial charge in [-0.25, -0.2) is 4.39 Å². The predicted octanol–water partition coefficient (Wildman–Crippen LogP) is 3.83. The molecular weight excluding hydrogens is 241 g/mol. The smallest absolute Gasteiger partial charge is 0.254 e. The fraction of sp³-hybridized carbons (Fsp3) is 0.562. The molecule has 3 heteroatoms. The first kappa shape index (κ1) is 14.0. The van der Waals surface area contributed by atoms with E-state index in [2.05, 4.69) is 12.2 Å². The van der Waals surface area contributed by atoms with Crippen LogP contribution in [0.5, 0.6) is 0 Å². The van der Waals surface area contributed by atoms with Crippen LogP contribution in [0.2, 0.25) is 0 Å². The van der Waals surface area contributed by atoms with Crippen molar-refractivity contribution in [3.05, 3.63) is 35.1 Å². The number of aryl methyl sites for hydroxylation is 1. The van der Waals surface area contributed by atoms with Gasteiger partial charge in [0.1, 0.15) is 5.82 Å². The molecule has 1 amide bonds. The summed E-state index contributed by atoms with van der Waals surface area (Å²) in [4.78, 5) is 12.2. The average molecular weight is 263 g/mol. The minimum absolute atomic E-state index is 0.155. The fourth-order valence-corrected chi connectivity index (χ4v) is 2.76. The molecule has 104 valence electrons. The largest absolute Gasteiger partial charge is 0.349 e. The van der Waals surface area contributed by atoms with Crippen LogP contribution in [-0.4, -0.2) is 11.9 Å². The van der Waals surface area contributed by atoms with E-state index in [0.717, 1.165) is 24.8 Å². The van der Waals surface area contributed by atoms with Gasteiger partial charge in [-0.15, -0.1) is 0 Å². The Balaban J connectivity index is 2.07. The quantitative estimate of drug-likeness (QED) is 0.807. The van der Waals surface area contributed by atoms with E-state index in [1.165, 1.54) is 18.9 Å². The lowest BCUT2D eigenvalue weighted by Gasteiger charge is -2.23. The lowest BCUT2D eigenvalue weighted by atomic mass is 9.96. The van der Waals surface area contributed by atoms with E-state index in [0.29, 0.717) is 5.92 Å². The van der Waals surface area contributed by atoms with Gasteiger partial charge in [-0.1, -0.05) is 32.3 Å². The zero-order valence-corrected chi connectivity index (χ0v) is 11.7. The predicted molar refractivity (Wildman–Crippen MR) is 74.6 cm³/mol. The molecular formula is C16H22FNO. The number of benzene rings is 1. The van der Waals surface area contributed by atoms with E-state index in [-0.39, 0.29) is 17.5 Å². The Morgan fingerprint density at radius 2 is 2.00 bits per heavy atom. The third-order valence-electron chi connectivity index (χ3n) is 4.05. The van der Waals surface area contributed by atoms with Crippen molar-refractivity contribution in [2.75, 3.05) is 0 Å². The first-order valence-corrected chi connectivity index (χ1v) is 7.15. The monoisotopic (exact) mass is 263 g/mol. The summed E-state index contributed by atoms with van der Waals surface area (Å²) in [6.45, 7) is 3.99. The molecule has 2 unspecified atom stereocenters. The Hall–Kier alpha value is -1.38. The maximum atomic E-state index is 13.8. The van der Waals surface area contributed by atoms with Gasteiger partial charge in [0, 0.05) is 6.04 Å². The van der Waals surface area contributed by atoms with Crippen molar-refractivity contribution in [1.29, 1.82) is 0 Å². The molecule has 1 fully saturated rings. The van der Waals surface area contributed by atoms with E-state index in [1.807, 2.05) is 6.92 Å². The van der Waals surface area contributed by atoms with E-state index in [9.17, 15) is 9.18 Å². The molecule has 1 aromatic carbocycles. The van der Waals surface area contributed by atoms with Crippen LogP contribution in [0.15, 0.2) is 18.2 Å². The number of nitrogens with one attached hydrogen (secondary N) is 1. The molecule has 0 spiro atoms. The van der Waals surface area contributed by atoms with Crippen LogP contribution in [-0.2, 0) is 0 Å². The summed E-state index contributed by atoms with van der Waals surface area (Å²) in [5.74, 6) is -0.241. The number of hydrogen-bond acceptors (Lipinski definition) is 1. The van der Waals surface area contributed by atoms with Gasteiger partial charge in [-0.2, -0.15) is 0 Å². The number of halogens is 1. The van der Waals surface area contributed by atoms with E-state index < -0.39 is 5.82 Å². The second kappa shape index (κ2) is 6.18. The molecule has 2 atom stereocenters. The lowest BCUT2D eigenvalue weighted by Crippen LogP contribution is -2.39. The van der Waals surface area contributed by atoms with Gasteiger partial charge in [-0.05, 0) is 43.4 Å². The second-order valence-corrected chi connectivity index (χ2v) is 5.68. The van der Waals surface area contributed by atoms with Gasteiger partial charge in [-0.3, -0.25) is 4.79 Å². The molecule has 1 N–H and O–H groups in total. The van der Waals surface area contributed by atoms with Crippen molar-refractivity contribution in [2.45, 2.75) is 52.0 Å². The number of amides is 1. The number of carbonyl (C=O) groups is 1. The molecule has 0 aromatic heterocycles. The zero-order chi connectivity index (χ0) is 13.8. The van der Waals surface area contributed by atoms with Gasteiger partial charge >= 0.3 is 0 Å². The summed E-state index contributed by atoms with van der Waals surface area (Å²) in [6.07, 6.45) is 5.75. The Morgan fingerprint density at radius 1 is 1.26 bits per heavy atom. The third-order valence-corrected chi connectivity index (χ3v) is 4.05. The van der Waals surface area contributed by atoms with Crippen molar-refractivity contribution < 1.29 is 9.18 Å². The summed E-state index contributed by atoms with van der Waals surface area (Å²) in [6, 6.07) is 4.93. The molecule has 0 heterocycles. The number of hydrogen-bond donors (Lipinski definition) is 1. The van der Waals surface area contributed by atoms with Gasteiger partial charge in [0.05, 0.1) is 5.56 Å². The van der Waals surface area contributed by atoms with Gasteiger partial charge in [0.15, 0.2) is 0 Å². The molecule has 0 radical (unpaired) electrons. The van der Waals surface area contributed by atoms with Gasteiger partial charge in [0.25, 0.3) is 5.91 Å². The van der Waals surface area contributed by atoms with Gasteiger partial charge in [0.2, 0.25) is 0 Å². The SMILES string of the molecule is Cc1ccc(C(=O)NC2CCCCCC2C)c(F)c1. The number of carbonyl (C=O) groups excluding carboxylic acids is 1. The summed E-state index contributed by atoms with van der Waals surface area (Å²) < 4.78 is 13.8. The third kappa shape index (κ3) is 3.55. The summed E-state index contributed by atoms with van der Waals surface area (Å²) in [5.41, 5.74) is 0.985. The number of rotatable bonds is 2. The molecule has 1 aromatic rings. The molecule has 2 rings (SSSR count). The molecule has 1 saturated carbocycles. The van der Waals surface area contributed by atoms with Crippen molar-refractivity contribution in [2.24, 2.45) is 5.92 Å². The Morgan fingerprint density at radius 3 is 2.74 bits per heavy atom. The van der Waals surface area contributed by atoms with Crippen molar-refractivity contribution in [3.8, 4) is 0 Å². The molecule has 0 bridgehead atoms. The topological polar surface area (TPSA) is 29.1 Å². The first-order valence-electron chi connectivity index (χ1n) is 7.15. The van der Waals surface area contributed by atoms with Crippen molar-refractivity contribution >= 4 is 5.91 Å². The standard InChI is InChI=1S/C16H22FNO/c1-11-8-9-13(14(17)10-11)16(19)18-15-7-5-3-4-6-12(15)2/h8-10,12,15H,3-7H2,1-2H3,(H,18,19). The molecule has 1 aliphatic rings. The minimum Gasteiger partial charge on any atom is -0.349 e. The summed E-state index contributed by atoms with van der Waals surface area (Å²) in [5, 5.41) is 3.01. The highest BCUT2D eigenvalue weighted by Gasteiger charge is 2.23. The zero-order valence-electron chi connectivity index (χ0n) is 11.7. The van der Waals surface area contributed by atoms with E-state index in [4.69, 9.17) is 0 Å². The Kier molecular flexibility index (Phi) is 4.56. The highest BCUT2D eigenvalue weighted by atomic mass is 19.1. The van der Waals surface area contributed by atoms with Crippen LogP contribution in [0.1, 0.15) is 54.9 Å². The molecule has 0 saturated heterocycles. The van der Waals surface area contributed by atoms with E-state index in [1.54, 1.807) is 12.1 Å². The van der Waals surface area contributed by atoms with Crippen LogP contribution in [0.3, 0.4) is 0 Å². The molecule has 1 aliphatic carbocycles. The maximum absolute atomic E-state index is 13.8. The highest BCUT2D eigenvalue weighted by molar-refractivity contribution is 5.94. The second-order valence-electron chi connectivity index (χ2n) is 5.68. The minimum atomic E-state index is -0.432. The normalized spacial score (nSPS) is 23.7. The van der Waals surface area contributed by atoms with E-state index >= 15 is 0 Å². The van der Waals surface area contributed by atoms with Crippen LogP contribution in [0.4, 0.5) is 4.39 Å². The van der Waals surface area contributed by atoms with Crippen LogP contribution < -0.4 is 5.32 Å². The molecule has 19 heavy (non-hydrogen) atoms.